The highest BCUT2D eigenvalue weighted by Gasteiger charge is 2.46. The number of aliphatic imine (C=N–C) groups is 1. The molecule has 0 aliphatic carbocycles. The fourth-order valence-electron chi connectivity index (χ4n) is 1.67. The predicted molar refractivity (Wildman–Crippen MR) is 81.1 cm³/mol. The van der Waals surface area contributed by atoms with Crippen molar-refractivity contribution < 1.29 is 40.5 Å². The van der Waals surface area contributed by atoms with Crippen LogP contribution in [0.25, 0.3) is 0 Å². The van der Waals surface area contributed by atoms with Gasteiger partial charge in [0.05, 0.1) is 11.3 Å². The molecular weight excluding hydrogens is 390 g/mol. The summed E-state index contributed by atoms with van der Waals surface area (Å²) in [6.45, 7) is 3.21. The van der Waals surface area contributed by atoms with Crippen molar-refractivity contribution >= 4 is 34.8 Å². The lowest BCUT2D eigenvalue weighted by molar-refractivity contribution is -0.167. The third-order valence-corrected chi connectivity index (χ3v) is 3.36. The van der Waals surface area contributed by atoms with Gasteiger partial charge >= 0.3 is 12.4 Å². The van der Waals surface area contributed by atoms with Crippen LogP contribution < -0.4 is 0 Å². The summed E-state index contributed by atoms with van der Waals surface area (Å²) < 4.78 is 89.1. The molecule has 0 heterocycles. The predicted octanol–water partition coefficient (Wildman–Crippen LogP) is 4.54. The second-order valence-electron chi connectivity index (χ2n) is 4.94. The highest BCUT2D eigenvalue weighted by atomic mass is 32.1. The molecule has 0 aliphatic rings. The number of allylic oxidation sites excluding steroid dienone is 2. The first-order chi connectivity index (χ1) is 11.8. The van der Waals surface area contributed by atoms with Crippen LogP contribution in [0.4, 0.5) is 37.7 Å². The molecule has 1 aromatic carbocycles. The SMILES string of the molecule is Cc1cc(N=C/C(C(=O)C(F)(F)F)=C(\O)C(F)(F)F)c(N=S=O)cc1C. The van der Waals surface area contributed by atoms with Gasteiger partial charge in [-0.05, 0) is 37.1 Å². The van der Waals surface area contributed by atoms with Crippen LogP contribution in [0.2, 0.25) is 0 Å². The minimum Gasteiger partial charge on any atom is -0.504 e. The zero-order chi connectivity index (χ0) is 20.3. The second-order valence-corrected chi connectivity index (χ2v) is 5.27. The van der Waals surface area contributed by atoms with Crippen LogP contribution in [-0.4, -0.2) is 33.7 Å². The van der Waals surface area contributed by atoms with Crippen LogP contribution in [-0.2, 0) is 16.3 Å². The van der Waals surface area contributed by atoms with Gasteiger partial charge in [-0.25, -0.2) is 0 Å². The fourth-order valence-corrected chi connectivity index (χ4v) is 1.90. The number of benzene rings is 1. The Bertz CT molecular complexity index is 836. The molecule has 1 aromatic rings. The maximum atomic E-state index is 12.5. The molecule has 0 radical (unpaired) electrons. The first kappa shape index (κ1) is 21.5. The average Bonchev–Trinajstić information content (AvgIpc) is 2.49. The number of halogens is 6. The van der Waals surface area contributed by atoms with E-state index in [-0.39, 0.29) is 29.1 Å². The van der Waals surface area contributed by atoms with E-state index in [0.717, 1.165) is 0 Å². The number of ketones is 1. The third-order valence-electron chi connectivity index (χ3n) is 3.08. The van der Waals surface area contributed by atoms with Gasteiger partial charge in [-0.1, -0.05) is 0 Å². The van der Waals surface area contributed by atoms with Gasteiger partial charge in [0.2, 0.25) is 17.2 Å². The highest BCUT2D eigenvalue weighted by Crippen LogP contribution is 2.33. The van der Waals surface area contributed by atoms with Crippen molar-refractivity contribution in [1.29, 1.82) is 0 Å². The second kappa shape index (κ2) is 7.81. The monoisotopic (exact) mass is 400 g/mol. The molecule has 5 nitrogen and oxygen atoms in total. The van der Waals surface area contributed by atoms with Gasteiger partial charge in [-0.15, -0.1) is 0 Å². The summed E-state index contributed by atoms with van der Waals surface area (Å²) in [5, 5.41) is 8.99. The number of nitrogens with zero attached hydrogens (tertiary/aromatic N) is 2. The van der Waals surface area contributed by atoms with Crippen LogP contribution in [0.15, 0.2) is 32.8 Å². The Labute approximate surface area is 146 Å². The maximum Gasteiger partial charge on any atom is 0.455 e. The van der Waals surface area contributed by atoms with Gasteiger partial charge < -0.3 is 5.11 Å². The first-order valence-electron chi connectivity index (χ1n) is 6.56. The summed E-state index contributed by atoms with van der Waals surface area (Å²) in [6, 6.07) is 2.59. The van der Waals surface area contributed by atoms with Crippen molar-refractivity contribution in [3.05, 3.63) is 34.6 Å². The zero-order valence-corrected chi connectivity index (χ0v) is 13.9. The molecule has 26 heavy (non-hydrogen) atoms. The maximum absolute atomic E-state index is 12.5. The molecule has 0 saturated heterocycles. The third kappa shape index (κ3) is 5.25. The Hall–Kier alpha value is -2.50. The molecule has 0 bridgehead atoms. The number of hydrogen-bond donors (Lipinski definition) is 1. The van der Waals surface area contributed by atoms with E-state index in [1.54, 1.807) is 13.8 Å². The van der Waals surface area contributed by atoms with E-state index >= 15 is 0 Å². The standard InChI is InChI=1S/C14H10F6N2O3S/c1-6-3-9(10(22-26-25)4-7(6)2)21-5-8(11(23)13(15,16)17)12(24)14(18,19)20/h3-5,23H,1-2H3/b11-8+,21-5?. The van der Waals surface area contributed by atoms with E-state index < -0.39 is 29.5 Å². The number of aliphatic hydroxyl groups excluding tert-OH is 1. The number of carbonyl (C=O) groups excluding carboxylic acids is 1. The summed E-state index contributed by atoms with van der Waals surface area (Å²) in [5.74, 6) is -5.65. The van der Waals surface area contributed by atoms with Crippen LogP contribution in [0.1, 0.15) is 11.1 Å². The summed E-state index contributed by atoms with van der Waals surface area (Å²) in [5.41, 5.74) is -1.26. The van der Waals surface area contributed by atoms with E-state index in [0.29, 0.717) is 11.1 Å². The van der Waals surface area contributed by atoms with Crippen LogP contribution >= 0.6 is 0 Å². The van der Waals surface area contributed by atoms with E-state index in [4.69, 9.17) is 5.11 Å². The van der Waals surface area contributed by atoms with Gasteiger partial charge in [0, 0.05) is 6.21 Å². The lowest BCUT2D eigenvalue weighted by Gasteiger charge is -2.11. The Morgan fingerprint density at radius 1 is 1.04 bits per heavy atom. The lowest BCUT2D eigenvalue weighted by Crippen LogP contribution is -2.29. The molecule has 0 saturated carbocycles. The van der Waals surface area contributed by atoms with E-state index in [1.807, 2.05) is 0 Å². The highest BCUT2D eigenvalue weighted by molar-refractivity contribution is 7.54. The normalized spacial score (nSPS) is 13.5. The van der Waals surface area contributed by atoms with Crippen molar-refractivity contribution in [2.75, 3.05) is 0 Å². The Balaban J connectivity index is 3.58. The molecule has 1 rings (SSSR count). The van der Waals surface area contributed by atoms with Crippen LogP contribution in [0.5, 0.6) is 0 Å². The number of Topliss-reactive ketones (excluding diaryl/α,β-unsaturated/α-hetero) is 1. The summed E-state index contributed by atoms with van der Waals surface area (Å²) in [7, 11) is 0. The molecule has 0 fully saturated rings. The number of aryl methyl sites for hydroxylation is 2. The number of alkyl halides is 6. The minimum atomic E-state index is -5.66. The Morgan fingerprint density at radius 3 is 1.96 bits per heavy atom. The van der Waals surface area contributed by atoms with Gasteiger partial charge in [0.1, 0.15) is 5.69 Å². The largest absolute Gasteiger partial charge is 0.504 e. The molecule has 0 spiro atoms. The first-order valence-corrected chi connectivity index (χ1v) is 7.26. The summed E-state index contributed by atoms with van der Waals surface area (Å²) >= 11 is -0.248. The van der Waals surface area contributed by atoms with Gasteiger partial charge in [-0.2, -0.15) is 34.9 Å². The molecular formula is C14H10F6N2O3S. The molecule has 142 valence electrons. The van der Waals surface area contributed by atoms with Crippen molar-refractivity contribution in [1.82, 2.24) is 0 Å². The quantitative estimate of drug-likeness (QED) is 0.349. The van der Waals surface area contributed by atoms with Crippen molar-refractivity contribution in [3.63, 3.8) is 0 Å². The molecule has 0 atom stereocenters. The van der Waals surface area contributed by atoms with Crippen LogP contribution in [0.3, 0.4) is 0 Å². The number of carbonyl (C=O) groups is 1. The molecule has 0 unspecified atom stereocenters. The van der Waals surface area contributed by atoms with Crippen molar-refractivity contribution in [2.45, 2.75) is 26.2 Å². The lowest BCUT2D eigenvalue weighted by atomic mass is 10.1. The van der Waals surface area contributed by atoms with Crippen molar-refractivity contribution in [2.24, 2.45) is 9.36 Å². The fraction of sp³-hybridized carbons (Fsp3) is 0.286. The number of hydrogen-bond acceptors (Lipinski definition) is 5. The topological polar surface area (TPSA) is 79.1 Å². The Kier molecular flexibility index (Phi) is 6.47. The minimum absolute atomic E-state index is 0.0583. The van der Waals surface area contributed by atoms with E-state index in [2.05, 4.69) is 9.36 Å². The van der Waals surface area contributed by atoms with Gasteiger partial charge in [0.25, 0.3) is 5.78 Å². The van der Waals surface area contributed by atoms with E-state index in [9.17, 15) is 35.3 Å². The zero-order valence-electron chi connectivity index (χ0n) is 13.1. The summed E-state index contributed by atoms with van der Waals surface area (Å²) in [6.07, 6.45) is -11.3. The average molecular weight is 400 g/mol. The number of rotatable bonds is 4. The molecule has 0 aliphatic heterocycles. The molecule has 0 aromatic heterocycles. The van der Waals surface area contributed by atoms with E-state index in [1.165, 1.54) is 12.1 Å². The molecule has 12 heteroatoms. The molecule has 1 N–H and O–H groups in total. The van der Waals surface area contributed by atoms with Crippen molar-refractivity contribution in [3.8, 4) is 0 Å². The summed E-state index contributed by atoms with van der Waals surface area (Å²) in [4.78, 5) is 14.6. The van der Waals surface area contributed by atoms with Gasteiger partial charge in [0.15, 0.2) is 0 Å². The van der Waals surface area contributed by atoms with Crippen LogP contribution in [0, 0.1) is 13.8 Å². The number of aliphatic hydroxyl groups is 1. The molecule has 0 amide bonds. The van der Waals surface area contributed by atoms with Gasteiger partial charge in [-0.3, -0.25) is 9.79 Å². The smallest absolute Gasteiger partial charge is 0.455 e. The Morgan fingerprint density at radius 2 is 1.54 bits per heavy atom.